The molecule has 2 aromatic rings. The topological polar surface area (TPSA) is 56.2 Å². The Labute approximate surface area is 80.3 Å². The standard InChI is InChI=1S/C8H9ClN4/c1-5-2-7(9)13-8(12-5)6(3-10)4-11-13/h2,4H,3,10H2,1H3. The summed E-state index contributed by atoms with van der Waals surface area (Å²) >= 11 is 5.95. The lowest BCUT2D eigenvalue weighted by Crippen LogP contribution is -1.99. The van der Waals surface area contributed by atoms with Crippen LogP contribution in [-0.4, -0.2) is 14.6 Å². The molecule has 68 valence electrons. The van der Waals surface area contributed by atoms with E-state index in [0.29, 0.717) is 11.7 Å². The SMILES string of the molecule is Cc1cc(Cl)n2ncc(CN)c2n1. The van der Waals surface area contributed by atoms with Crippen LogP contribution in [0, 0.1) is 6.92 Å². The van der Waals surface area contributed by atoms with Crippen molar-refractivity contribution < 1.29 is 0 Å². The van der Waals surface area contributed by atoms with Crippen molar-refractivity contribution in [3.63, 3.8) is 0 Å². The monoisotopic (exact) mass is 196 g/mol. The lowest BCUT2D eigenvalue weighted by Gasteiger charge is -1.99. The fraction of sp³-hybridized carbons (Fsp3) is 0.250. The van der Waals surface area contributed by atoms with E-state index in [-0.39, 0.29) is 0 Å². The number of hydrogen-bond acceptors (Lipinski definition) is 3. The first-order valence-corrected chi connectivity index (χ1v) is 4.30. The third-order valence-corrected chi connectivity index (χ3v) is 2.12. The second-order valence-corrected chi connectivity index (χ2v) is 3.22. The number of nitrogens with zero attached hydrogens (tertiary/aromatic N) is 3. The van der Waals surface area contributed by atoms with Gasteiger partial charge in [0.25, 0.3) is 0 Å². The highest BCUT2D eigenvalue weighted by molar-refractivity contribution is 6.29. The van der Waals surface area contributed by atoms with Crippen molar-refractivity contribution in [3.8, 4) is 0 Å². The molecule has 0 unspecified atom stereocenters. The Hall–Kier alpha value is -1.13. The van der Waals surface area contributed by atoms with Crippen LogP contribution in [0.4, 0.5) is 0 Å². The molecular formula is C8H9ClN4. The van der Waals surface area contributed by atoms with Crippen LogP contribution in [0.5, 0.6) is 0 Å². The number of fused-ring (bicyclic) bond motifs is 1. The molecule has 0 aliphatic rings. The van der Waals surface area contributed by atoms with Crippen molar-refractivity contribution in [1.29, 1.82) is 0 Å². The zero-order chi connectivity index (χ0) is 9.42. The maximum atomic E-state index is 5.95. The van der Waals surface area contributed by atoms with Crippen LogP contribution in [0.15, 0.2) is 12.3 Å². The lowest BCUT2D eigenvalue weighted by atomic mass is 10.3. The summed E-state index contributed by atoms with van der Waals surface area (Å²) in [7, 11) is 0. The minimum atomic E-state index is 0.427. The largest absolute Gasteiger partial charge is 0.326 e. The molecule has 2 rings (SSSR count). The number of aromatic nitrogens is 3. The molecule has 13 heavy (non-hydrogen) atoms. The smallest absolute Gasteiger partial charge is 0.161 e. The van der Waals surface area contributed by atoms with E-state index >= 15 is 0 Å². The Morgan fingerprint density at radius 2 is 2.38 bits per heavy atom. The Morgan fingerprint density at radius 1 is 1.62 bits per heavy atom. The van der Waals surface area contributed by atoms with E-state index in [1.807, 2.05) is 6.92 Å². The fourth-order valence-corrected chi connectivity index (χ4v) is 1.51. The lowest BCUT2D eigenvalue weighted by molar-refractivity contribution is 0.930. The minimum absolute atomic E-state index is 0.427. The highest BCUT2D eigenvalue weighted by atomic mass is 35.5. The van der Waals surface area contributed by atoms with E-state index in [1.165, 1.54) is 0 Å². The summed E-state index contributed by atoms with van der Waals surface area (Å²) in [5.74, 6) is 0. The van der Waals surface area contributed by atoms with Crippen LogP contribution in [0.2, 0.25) is 5.15 Å². The number of rotatable bonds is 1. The molecule has 0 spiro atoms. The summed E-state index contributed by atoms with van der Waals surface area (Å²) < 4.78 is 1.58. The number of nitrogens with two attached hydrogens (primary N) is 1. The van der Waals surface area contributed by atoms with E-state index in [0.717, 1.165) is 16.9 Å². The summed E-state index contributed by atoms with van der Waals surface area (Å²) in [4.78, 5) is 4.30. The predicted octanol–water partition coefficient (Wildman–Crippen LogP) is 1.15. The van der Waals surface area contributed by atoms with Crippen LogP contribution >= 0.6 is 11.6 Å². The molecule has 2 heterocycles. The minimum Gasteiger partial charge on any atom is -0.326 e. The summed E-state index contributed by atoms with van der Waals surface area (Å²) in [6, 6.07) is 1.77. The van der Waals surface area contributed by atoms with Crippen LogP contribution in [0.1, 0.15) is 11.3 Å². The maximum Gasteiger partial charge on any atom is 0.161 e. The van der Waals surface area contributed by atoms with Crippen LogP contribution < -0.4 is 5.73 Å². The van der Waals surface area contributed by atoms with Gasteiger partial charge in [-0.05, 0) is 13.0 Å². The third-order valence-electron chi connectivity index (χ3n) is 1.85. The van der Waals surface area contributed by atoms with Crippen LogP contribution in [0.3, 0.4) is 0 Å². The van der Waals surface area contributed by atoms with Gasteiger partial charge in [-0.2, -0.15) is 5.10 Å². The second-order valence-electron chi connectivity index (χ2n) is 2.83. The molecule has 0 aliphatic carbocycles. The molecule has 0 amide bonds. The van der Waals surface area contributed by atoms with Gasteiger partial charge < -0.3 is 5.73 Å². The zero-order valence-electron chi connectivity index (χ0n) is 7.16. The second kappa shape index (κ2) is 2.97. The highest BCUT2D eigenvalue weighted by Crippen LogP contribution is 2.14. The van der Waals surface area contributed by atoms with Crippen LogP contribution in [-0.2, 0) is 6.54 Å². The molecule has 0 fully saturated rings. The molecule has 0 aromatic carbocycles. The normalized spacial score (nSPS) is 11.0. The van der Waals surface area contributed by atoms with E-state index in [9.17, 15) is 0 Å². The Morgan fingerprint density at radius 3 is 3.08 bits per heavy atom. The maximum absolute atomic E-state index is 5.95. The molecule has 2 N–H and O–H groups in total. The third kappa shape index (κ3) is 1.28. The Balaban J connectivity index is 2.82. The van der Waals surface area contributed by atoms with Crippen molar-refractivity contribution in [2.75, 3.05) is 0 Å². The van der Waals surface area contributed by atoms with E-state index < -0.39 is 0 Å². The molecule has 0 radical (unpaired) electrons. The number of halogens is 1. The highest BCUT2D eigenvalue weighted by Gasteiger charge is 2.06. The first-order valence-electron chi connectivity index (χ1n) is 3.92. The van der Waals surface area contributed by atoms with E-state index in [2.05, 4.69) is 10.1 Å². The van der Waals surface area contributed by atoms with Gasteiger partial charge in [0.05, 0.1) is 6.20 Å². The van der Waals surface area contributed by atoms with Gasteiger partial charge >= 0.3 is 0 Å². The van der Waals surface area contributed by atoms with Crippen molar-refractivity contribution in [1.82, 2.24) is 14.6 Å². The van der Waals surface area contributed by atoms with Gasteiger partial charge in [0.15, 0.2) is 5.65 Å². The van der Waals surface area contributed by atoms with Crippen LogP contribution in [0.25, 0.3) is 5.65 Å². The van der Waals surface area contributed by atoms with Gasteiger partial charge in [0, 0.05) is 17.8 Å². The Bertz CT molecular complexity index is 449. The molecule has 5 heteroatoms. The number of hydrogen-bond donors (Lipinski definition) is 1. The van der Waals surface area contributed by atoms with Crippen molar-refractivity contribution >= 4 is 17.2 Å². The van der Waals surface area contributed by atoms with Crippen molar-refractivity contribution in [2.45, 2.75) is 13.5 Å². The van der Waals surface area contributed by atoms with Gasteiger partial charge in [0.1, 0.15) is 5.15 Å². The molecule has 0 saturated carbocycles. The summed E-state index contributed by atoms with van der Waals surface area (Å²) in [5, 5.41) is 4.63. The molecule has 0 aliphatic heterocycles. The predicted molar refractivity (Wildman–Crippen MR) is 50.6 cm³/mol. The van der Waals surface area contributed by atoms with Gasteiger partial charge in [-0.15, -0.1) is 0 Å². The molecular weight excluding hydrogens is 188 g/mol. The number of aryl methyl sites for hydroxylation is 1. The molecule has 0 saturated heterocycles. The summed E-state index contributed by atoms with van der Waals surface area (Å²) in [5.41, 5.74) is 8.04. The van der Waals surface area contributed by atoms with Gasteiger partial charge in [-0.25, -0.2) is 9.50 Å². The van der Waals surface area contributed by atoms with Crippen molar-refractivity contribution in [2.24, 2.45) is 5.73 Å². The molecule has 0 bridgehead atoms. The molecule has 0 atom stereocenters. The molecule has 4 nitrogen and oxygen atoms in total. The average molecular weight is 197 g/mol. The van der Waals surface area contributed by atoms with Gasteiger partial charge in [0.2, 0.25) is 0 Å². The summed E-state index contributed by atoms with van der Waals surface area (Å²) in [6.45, 7) is 2.31. The first kappa shape index (κ1) is 8.47. The average Bonchev–Trinajstić information content (AvgIpc) is 2.47. The fourth-order valence-electron chi connectivity index (χ4n) is 1.23. The van der Waals surface area contributed by atoms with Gasteiger partial charge in [-0.3, -0.25) is 0 Å². The summed E-state index contributed by atoms with van der Waals surface area (Å²) in [6.07, 6.45) is 1.69. The molecule has 2 aromatic heterocycles. The van der Waals surface area contributed by atoms with Crippen molar-refractivity contribution in [3.05, 3.63) is 28.7 Å². The van der Waals surface area contributed by atoms with E-state index in [1.54, 1.807) is 16.8 Å². The quantitative estimate of drug-likeness (QED) is 0.697. The van der Waals surface area contributed by atoms with Gasteiger partial charge in [-0.1, -0.05) is 11.6 Å². The zero-order valence-corrected chi connectivity index (χ0v) is 7.91. The van der Waals surface area contributed by atoms with E-state index in [4.69, 9.17) is 17.3 Å². The Kier molecular flexibility index (Phi) is 1.94. The first-order chi connectivity index (χ1) is 6.22.